The van der Waals surface area contributed by atoms with Crippen LogP contribution in [0.1, 0.15) is 35.9 Å². The lowest BCUT2D eigenvalue weighted by Crippen LogP contribution is -2.41. The van der Waals surface area contributed by atoms with Gasteiger partial charge in [0, 0.05) is 6.54 Å². The zero-order valence-corrected chi connectivity index (χ0v) is 17.0. The largest absolute Gasteiger partial charge is 0.493 e. The Morgan fingerprint density at radius 2 is 2.07 bits per heavy atom. The number of piperidine rings is 1. The predicted octanol–water partition coefficient (Wildman–Crippen LogP) is 4.75. The second-order valence-corrected chi connectivity index (χ2v) is 8.12. The van der Waals surface area contributed by atoms with Gasteiger partial charge >= 0.3 is 0 Å². The fraction of sp³-hybridized carbons (Fsp3) is 0.364. The second kappa shape index (κ2) is 8.19. The molecule has 1 aromatic heterocycles. The van der Waals surface area contributed by atoms with Gasteiger partial charge in [0.15, 0.2) is 18.1 Å². The molecule has 0 aliphatic carbocycles. The number of aromatic nitrogens is 1. The SMILES string of the molecule is COc1cc(C)ccc1OCC(=O)N1CCCCC1c1nc2ccccc2s1. The quantitative estimate of drug-likeness (QED) is 0.625. The number of aryl methyl sites for hydroxylation is 1. The number of nitrogens with zero attached hydrogens (tertiary/aromatic N) is 2. The first-order valence-corrected chi connectivity index (χ1v) is 10.4. The summed E-state index contributed by atoms with van der Waals surface area (Å²) in [7, 11) is 1.61. The van der Waals surface area contributed by atoms with Crippen LogP contribution in [0, 0.1) is 6.92 Å². The Kier molecular flexibility index (Phi) is 5.48. The molecule has 1 fully saturated rings. The normalized spacial score (nSPS) is 16.9. The van der Waals surface area contributed by atoms with Crippen molar-refractivity contribution in [3.63, 3.8) is 0 Å². The molecule has 1 aliphatic heterocycles. The first-order valence-electron chi connectivity index (χ1n) is 9.58. The van der Waals surface area contributed by atoms with Crippen LogP contribution in [0.2, 0.25) is 0 Å². The lowest BCUT2D eigenvalue weighted by atomic mass is 10.0. The third-order valence-electron chi connectivity index (χ3n) is 5.09. The van der Waals surface area contributed by atoms with Crippen LogP contribution in [0.25, 0.3) is 10.2 Å². The number of hydrogen-bond donors (Lipinski definition) is 0. The van der Waals surface area contributed by atoms with Crippen LogP contribution >= 0.6 is 11.3 Å². The first kappa shape index (κ1) is 18.7. The Morgan fingerprint density at radius 3 is 2.89 bits per heavy atom. The van der Waals surface area contributed by atoms with Gasteiger partial charge in [-0.1, -0.05) is 18.2 Å². The van der Waals surface area contributed by atoms with E-state index in [0.717, 1.165) is 46.6 Å². The van der Waals surface area contributed by atoms with Gasteiger partial charge < -0.3 is 14.4 Å². The number of carbonyl (C=O) groups is 1. The molecule has 5 nitrogen and oxygen atoms in total. The van der Waals surface area contributed by atoms with Gasteiger partial charge in [-0.2, -0.15) is 0 Å². The summed E-state index contributed by atoms with van der Waals surface area (Å²) in [5.41, 5.74) is 2.09. The van der Waals surface area contributed by atoms with Crippen LogP contribution < -0.4 is 9.47 Å². The molecule has 6 heteroatoms. The molecule has 28 heavy (non-hydrogen) atoms. The number of methoxy groups -OCH3 is 1. The minimum Gasteiger partial charge on any atom is -0.493 e. The molecule has 1 atom stereocenters. The van der Waals surface area contributed by atoms with E-state index in [-0.39, 0.29) is 18.6 Å². The van der Waals surface area contributed by atoms with Crippen molar-refractivity contribution < 1.29 is 14.3 Å². The summed E-state index contributed by atoms with van der Waals surface area (Å²) in [6.07, 6.45) is 3.07. The number of ether oxygens (including phenoxy) is 2. The molecule has 0 radical (unpaired) electrons. The maximum Gasteiger partial charge on any atom is 0.261 e. The van der Waals surface area contributed by atoms with Crippen molar-refractivity contribution in [3.8, 4) is 11.5 Å². The number of carbonyl (C=O) groups excluding carboxylic acids is 1. The van der Waals surface area contributed by atoms with E-state index < -0.39 is 0 Å². The van der Waals surface area contributed by atoms with Crippen LogP contribution in [0.5, 0.6) is 11.5 Å². The number of likely N-dealkylation sites (tertiary alicyclic amines) is 1. The van der Waals surface area contributed by atoms with E-state index in [9.17, 15) is 4.79 Å². The van der Waals surface area contributed by atoms with Crippen LogP contribution in [0.4, 0.5) is 0 Å². The van der Waals surface area contributed by atoms with E-state index in [0.29, 0.717) is 11.5 Å². The van der Waals surface area contributed by atoms with Crippen LogP contribution in [-0.4, -0.2) is 36.1 Å². The molecule has 0 spiro atoms. The average Bonchev–Trinajstić information content (AvgIpc) is 3.16. The monoisotopic (exact) mass is 396 g/mol. The van der Waals surface area contributed by atoms with E-state index >= 15 is 0 Å². The van der Waals surface area contributed by atoms with Gasteiger partial charge in [-0.15, -0.1) is 11.3 Å². The van der Waals surface area contributed by atoms with Gasteiger partial charge in [-0.05, 0) is 56.0 Å². The Labute approximate surface area is 168 Å². The Balaban J connectivity index is 1.50. The summed E-state index contributed by atoms with van der Waals surface area (Å²) in [6, 6.07) is 13.9. The molecule has 1 amide bonds. The first-order chi connectivity index (χ1) is 13.7. The molecule has 4 rings (SSSR count). The van der Waals surface area contributed by atoms with Crippen molar-refractivity contribution in [1.29, 1.82) is 0 Å². The number of para-hydroxylation sites is 1. The summed E-state index contributed by atoms with van der Waals surface area (Å²) in [6.45, 7) is 2.74. The Bertz CT molecular complexity index is 952. The summed E-state index contributed by atoms with van der Waals surface area (Å²) >= 11 is 1.68. The molecule has 2 aromatic carbocycles. The maximum atomic E-state index is 13.0. The highest BCUT2D eigenvalue weighted by Gasteiger charge is 2.30. The van der Waals surface area contributed by atoms with Gasteiger partial charge in [-0.3, -0.25) is 4.79 Å². The van der Waals surface area contributed by atoms with Crippen molar-refractivity contribution in [2.45, 2.75) is 32.2 Å². The number of fused-ring (bicyclic) bond motifs is 1. The summed E-state index contributed by atoms with van der Waals surface area (Å²) < 4.78 is 12.3. The topological polar surface area (TPSA) is 51.7 Å². The predicted molar refractivity (Wildman–Crippen MR) is 111 cm³/mol. The lowest BCUT2D eigenvalue weighted by molar-refractivity contribution is -0.137. The zero-order chi connectivity index (χ0) is 19.5. The average molecular weight is 397 g/mol. The van der Waals surface area contributed by atoms with Crippen molar-refractivity contribution in [1.82, 2.24) is 9.88 Å². The molecular formula is C22H24N2O3S. The molecule has 3 aromatic rings. The standard InChI is InChI=1S/C22H24N2O3S/c1-15-10-11-18(19(13-15)26-2)27-14-21(25)24-12-6-5-8-17(24)22-23-16-7-3-4-9-20(16)28-22/h3-4,7,9-11,13,17H,5-6,8,12,14H2,1-2H3. The fourth-order valence-corrected chi connectivity index (χ4v) is 4.75. The van der Waals surface area contributed by atoms with Crippen LogP contribution in [0.3, 0.4) is 0 Å². The number of thiazole rings is 1. The van der Waals surface area contributed by atoms with Gasteiger partial charge in [0.25, 0.3) is 5.91 Å². The van der Waals surface area contributed by atoms with Crippen molar-refractivity contribution >= 4 is 27.5 Å². The molecule has 2 heterocycles. The smallest absolute Gasteiger partial charge is 0.261 e. The molecule has 1 unspecified atom stereocenters. The summed E-state index contributed by atoms with van der Waals surface area (Å²) in [5, 5.41) is 1.02. The molecule has 1 saturated heterocycles. The highest BCUT2D eigenvalue weighted by atomic mass is 32.1. The summed E-state index contributed by atoms with van der Waals surface area (Å²) in [5.74, 6) is 1.23. The molecule has 0 saturated carbocycles. The fourth-order valence-electron chi connectivity index (χ4n) is 3.64. The maximum absolute atomic E-state index is 13.0. The van der Waals surface area contributed by atoms with Gasteiger partial charge in [0.2, 0.25) is 0 Å². The lowest BCUT2D eigenvalue weighted by Gasteiger charge is -2.34. The molecule has 0 N–H and O–H groups in total. The van der Waals surface area contributed by atoms with Crippen molar-refractivity contribution in [3.05, 3.63) is 53.0 Å². The number of hydrogen-bond acceptors (Lipinski definition) is 5. The minimum absolute atomic E-state index is 0.000810. The van der Waals surface area contributed by atoms with E-state index in [1.165, 1.54) is 0 Å². The number of rotatable bonds is 5. The van der Waals surface area contributed by atoms with Gasteiger partial charge in [-0.25, -0.2) is 4.98 Å². The third kappa shape index (κ3) is 3.83. The van der Waals surface area contributed by atoms with E-state index in [1.807, 2.05) is 48.2 Å². The van der Waals surface area contributed by atoms with Gasteiger partial charge in [0.1, 0.15) is 5.01 Å². The highest BCUT2D eigenvalue weighted by Crippen LogP contribution is 2.36. The van der Waals surface area contributed by atoms with E-state index in [2.05, 4.69) is 6.07 Å². The number of amides is 1. The second-order valence-electron chi connectivity index (χ2n) is 7.06. The molecule has 1 aliphatic rings. The highest BCUT2D eigenvalue weighted by molar-refractivity contribution is 7.18. The van der Waals surface area contributed by atoms with E-state index in [4.69, 9.17) is 14.5 Å². The zero-order valence-electron chi connectivity index (χ0n) is 16.2. The summed E-state index contributed by atoms with van der Waals surface area (Å²) in [4.78, 5) is 19.7. The third-order valence-corrected chi connectivity index (χ3v) is 6.23. The Morgan fingerprint density at radius 1 is 1.21 bits per heavy atom. The molecule has 0 bridgehead atoms. The molecule has 146 valence electrons. The van der Waals surface area contributed by atoms with Crippen molar-refractivity contribution in [2.75, 3.05) is 20.3 Å². The molecular weight excluding hydrogens is 372 g/mol. The minimum atomic E-state index is -0.00779. The van der Waals surface area contributed by atoms with Crippen LogP contribution in [-0.2, 0) is 4.79 Å². The van der Waals surface area contributed by atoms with Crippen LogP contribution in [0.15, 0.2) is 42.5 Å². The van der Waals surface area contributed by atoms with Gasteiger partial charge in [0.05, 0.1) is 23.4 Å². The van der Waals surface area contributed by atoms with Crippen molar-refractivity contribution in [2.24, 2.45) is 0 Å². The number of benzene rings is 2. The van der Waals surface area contributed by atoms with E-state index in [1.54, 1.807) is 18.4 Å². The Hall–Kier alpha value is -2.60.